The number of carbonyl (C=O) groups is 2. The number of hydrogen-bond acceptors (Lipinski definition) is 3. The fraction of sp³-hybridized carbons (Fsp3) is 0.800. The van der Waals surface area contributed by atoms with E-state index in [0.717, 1.165) is 12.8 Å². The second-order valence-corrected chi connectivity index (χ2v) is 4.53. The lowest BCUT2D eigenvalue weighted by molar-refractivity contribution is -0.141. The predicted octanol–water partition coefficient (Wildman–Crippen LogP) is -0.374. The number of nitrogens with zero attached hydrogens (tertiary/aromatic N) is 1. The van der Waals surface area contributed by atoms with Gasteiger partial charge in [-0.15, -0.1) is 0 Å². The molecule has 2 atom stereocenters. The third kappa shape index (κ3) is 2.44. The van der Waals surface area contributed by atoms with Crippen molar-refractivity contribution >= 4 is 12.0 Å². The minimum Gasteiger partial charge on any atom is -0.480 e. The fourth-order valence-electron chi connectivity index (χ4n) is 1.93. The van der Waals surface area contributed by atoms with Crippen LogP contribution in [0.4, 0.5) is 4.79 Å². The van der Waals surface area contributed by atoms with Gasteiger partial charge in [-0.25, -0.2) is 9.59 Å². The lowest BCUT2D eigenvalue weighted by atomic mass is 10.2. The fourth-order valence-corrected chi connectivity index (χ4v) is 1.93. The van der Waals surface area contributed by atoms with Crippen molar-refractivity contribution in [2.75, 3.05) is 13.1 Å². The first-order valence-electron chi connectivity index (χ1n) is 5.53. The van der Waals surface area contributed by atoms with Crippen molar-refractivity contribution in [1.29, 1.82) is 0 Å². The van der Waals surface area contributed by atoms with Crippen molar-refractivity contribution in [1.82, 2.24) is 10.2 Å². The molecule has 1 aliphatic carbocycles. The predicted molar refractivity (Wildman–Crippen MR) is 54.9 cm³/mol. The summed E-state index contributed by atoms with van der Waals surface area (Å²) in [7, 11) is 0. The molecule has 0 aromatic rings. The van der Waals surface area contributed by atoms with Crippen LogP contribution < -0.4 is 5.32 Å². The second-order valence-electron chi connectivity index (χ2n) is 4.53. The molecule has 0 radical (unpaired) electrons. The maximum Gasteiger partial charge on any atom is 0.326 e. The Morgan fingerprint density at radius 2 is 2.06 bits per heavy atom. The van der Waals surface area contributed by atoms with E-state index < -0.39 is 18.1 Å². The molecule has 0 unspecified atom stereocenters. The number of carbonyl (C=O) groups excluding carboxylic acids is 1. The first-order valence-corrected chi connectivity index (χ1v) is 5.53. The first-order chi connectivity index (χ1) is 7.58. The van der Waals surface area contributed by atoms with Gasteiger partial charge in [-0.05, 0) is 18.8 Å². The van der Waals surface area contributed by atoms with Crippen LogP contribution in [0.15, 0.2) is 0 Å². The Hall–Kier alpha value is -1.30. The number of aliphatic carboxylic acids is 1. The van der Waals surface area contributed by atoms with Crippen molar-refractivity contribution in [3.8, 4) is 0 Å². The van der Waals surface area contributed by atoms with Crippen LogP contribution in [0.5, 0.6) is 0 Å². The highest BCUT2D eigenvalue weighted by Crippen LogP contribution is 2.27. The minimum atomic E-state index is -1.06. The van der Waals surface area contributed by atoms with E-state index in [1.54, 1.807) is 0 Å². The molecule has 90 valence electrons. The van der Waals surface area contributed by atoms with Gasteiger partial charge in [0.25, 0.3) is 0 Å². The molecule has 1 heterocycles. The third-order valence-electron chi connectivity index (χ3n) is 3.06. The molecule has 1 saturated heterocycles. The van der Waals surface area contributed by atoms with Crippen LogP contribution in [0, 0.1) is 5.92 Å². The highest BCUT2D eigenvalue weighted by molar-refractivity contribution is 5.83. The van der Waals surface area contributed by atoms with Crippen molar-refractivity contribution in [2.45, 2.75) is 31.4 Å². The van der Waals surface area contributed by atoms with Crippen molar-refractivity contribution in [3.63, 3.8) is 0 Å². The summed E-state index contributed by atoms with van der Waals surface area (Å²) in [6.07, 6.45) is 1.65. The van der Waals surface area contributed by atoms with Crippen LogP contribution in [0.1, 0.15) is 19.3 Å². The number of aliphatic hydroxyl groups is 1. The number of carboxylic acids is 1. The van der Waals surface area contributed by atoms with Gasteiger partial charge in [0.05, 0.1) is 6.10 Å². The van der Waals surface area contributed by atoms with Gasteiger partial charge in [-0.2, -0.15) is 0 Å². The number of hydrogen-bond donors (Lipinski definition) is 3. The number of nitrogens with one attached hydrogen (secondary N) is 1. The Bertz CT molecular complexity index is 303. The van der Waals surface area contributed by atoms with Gasteiger partial charge in [0, 0.05) is 19.5 Å². The first kappa shape index (κ1) is 11.2. The summed E-state index contributed by atoms with van der Waals surface area (Å²) in [5.74, 6) is -0.502. The Kier molecular flexibility index (Phi) is 3.00. The number of amides is 2. The number of carboxylic acid groups (broad SMARTS) is 1. The number of rotatable bonds is 3. The van der Waals surface area contributed by atoms with Crippen molar-refractivity contribution < 1.29 is 19.8 Å². The molecule has 3 N–H and O–H groups in total. The van der Waals surface area contributed by atoms with Crippen LogP contribution in [-0.2, 0) is 4.79 Å². The summed E-state index contributed by atoms with van der Waals surface area (Å²) in [6, 6.07) is -1.27. The highest BCUT2D eigenvalue weighted by atomic mass is 16.4. The van der Waals surface area contributed by atoms with E-state index in [9.17, 15) is 14.7 Å². The van der Waals surface area contributed by atoms with Crippen LogP contribution in [0.3, 0.4) is 0 Å². The van der Waals surface area contributed by atoms with E-state index in [1.165, 1.54) is 4.90 Å². The zero-order valence-corrected chi connectivity index (χ0v) is 8.93. The van der Waals surface area contributed by atoms with Crippen molar-refractivity contribution in [2.24, 2.45) is 5.92 Å². The molecule has 16 heavy (non-hydrogen) atoms. The molecular weight excluding hydrogens is 212 g/mol. The lowest BCUT2D eigenvalue weighted by Crippen LogP contribution is -2.46. The highest BCUT2D eigenvalue weighted by Gasteiger charge is 2.39. The summed E-state index contributed by atoms with van der Waals surface area (Å²) < 4.78 is 0. The van der Waals surface area contributed by atoms with Gasteiger partial charge in [0.1, 0.15) is 6.04 Å². The number of likely N-dealkylation sites (tertiary alicyclic amines) is 1. The van der Waals surface area contributed by atoms with Crippen LogP contribution in [0.25, 0.3) is 0 Å². The summed E-state index contributed by atoms with van der Waals surface area (Å²) in [5.41, 5.74) is 0. The molecule has 2 fully saturated rings. The molecule has 1 aliphatic heterocycles. The van der Waals surface area contributed by atoms with Gasteiger partial charge in [-0.1, -0.05) is 0 Å². The summed E-state index contributed by atoms with van der Waals surface area (Å²) >= 11 is 0. The summed E-state index contributed by atoms with van der Waals surface area (Å²) in [5, 5.41) is 21.0. The second kappa shape index (κ2) is 4.29. The Morgan fingerprint density at radius 3 is 2.62 bits per heavy atom. The molecule has 6 nitrogen and oxygen atoms in total. The largest absolute Gasteiger partial charge is 0.480 e. The van der Waals surface area contributed by atoms with Gasteiger partial charge in [0.15, 0.2) is 0 Å². The van der Waals surface area contributed by atoms with Crippen LogP contribution >= 0.6 is 0 Å². The molecule has 0 bridgehead atoms. The van der Waals surface area contributed by atoms with E-state index in [2.05, 4.69) is 5.32 Å². The van der Waals surface area contributed by atoms with Gasteiger partial charge < -0.3 is 20.4 Å². The van der Waals surface area contributed by atoms with E-state index >= 15 is 0 Å². The molecule has 6 heteroatoms. The minimum absolute atomic E-state index is 0.105. The standard InChI is InChI=1S/C10H16N2O4/c13-7-3-8(9(14)15)12(5-7)10(16)11-4-6-1-2-6/h6-8,13H,1-5H2,(H,11,16)(H,14,15)/t7-,8-/m0/s1. The summed E-state index contributed by atoms with van der Waals surface area (Å²) in [6.45, 7) is 0.714. The van der Waals surface area contributed by atoms with Gasteiger partial charge in [-0.3, -0.25) is 0 Å². The van der Waals surface area contributed by atoms with E-state index in [1.807, 2.05) is 0 Å². The number of urea groups is 1. The zero-order valence-electron chi connectivity index (χ0n) is 8.93. The Balaban J connectivity index is 1.89. The molecule has 2 rings (SSSR count). The topological polar surface area (TPSA) is 89.9 Å². The van der Waals surface area contributed by atoms with Gasteiger partial charge in [0.2, 0.25) is 0 Å². The molecule has 0 aromatic heterocycles. The average molecular weight is 228 g/mol. The molecule has 2 aliphatic rings. The zero-order chi connectivity index (χ0) is 11.7. The number of aliphatic hydroxyl groups excluding tert-OH is 1. The molecule has 0 spiro atoms. The normalized spacial score (nSPS) is 29.2. The molecular formula is C10H16N2O4. The summed E-state index contributed by atoms with van der Waals surface area (Å²) in [4.78, 5) is 23.8. The van der Waals surface area contributed by atoms with E-state index in [0.29, 0.717) is 12.5 Å². The Labute approximate surface area is 93.2 Å². The monoisotopic (exact) mass is 228 g/mol. The SMILES string of the molecule is O=C(O)[C@@H]1C[C@H](O)CN1C(=O)NCC1CC1. The molecule has 2 amide bonds. The smallest absolute Gasteiger partial charge is 0.326 e. The average Bonchev–Trinajstić information content (AvgIpc) is 2.96. The van der Waals surface area contributed by atoms with Gasteiger partial charge >= 0.3 is 12.0 Å². The number of β-amino-alcohol motifs (C(OH)–C–C–N with tert-alkyl or cyclic N) is 1. The van der Waals surface area contributed by atoms with E-state index in [-0.39, 0.29) is 19.0 Å². The maximum atomic E-state index is 11.7. The van der Waals surface area contributed by atoms with E-state index in [4.69, 9.17) is 5.11 Å². The molecule has 1 saturated carbocycles. The van der Waals surface area contributed by atoms with Crippen LogP contribution in [0.2, 0.25) is 0 Å². The van der Waals surface area contributed by atoms with Crippen molar-refractivity contribution in [3.05, 3.63) is 0 Å². The lowest BCUT2D eigenvalue weighted by Gasteiger charge is -2.21. The molecule has 0 aromatic carbocycles. The third-order valence-corrected chi connectivity index (χ3v) is 3.06. The quantitative estimate of drug-likeness (QED) is 0.614. The van der Waals surface area contributed by atoms with Crippen LogP contribution in [-0.4, -0.2) is 52.3 Å². The maximum absolute atomic E-state index is 11.7. The Morgan fingerprint density at radius 1 is 1.38 bits per heavy atom.